The molecule has 0 saturated carbocycles. The minimum atomic E-state index is -0.171. The van der Waals surface area contributed by atoms with Crippen molar-refractivity contribution in [2.24, 2.45) is 5.92 Å². The van der Waals surface area contributed by atoms with E-state index in [4.69, 9.17) is 4.74 Å². The lowest BCUT2D eigenvalue weighted by Crippen LogP contribution is -2.20. The zero-order valence-electron chi connectivity index (χ0n) is 9.32. The maximum atomic E-state index is 11.7. The molecule has 82 valence electrons. The maximum absolute atomic E-state index is 11.7. The Hall–Kier alpha value is -1.57. The minimum Gasteiger partial charge on any atom is -0.453 e. The van der Waals surface area contributed by atoms with Crippen molar-refractivity contribution in [2.75, 3.05) is 0 Å². The quantitative estimate of drug-likeness (QED) is 0.530. The average molecular weight is 214 g/mol. The highest BCUT2D eigenvalue weighted by Crippen LogP contribution is 2.46. The molecule has 2 atom stereocenters. The van der Waals surface area contributed by atoms with Gasteiger partial charge in [-0.25, -0.2) is 4.79 Å². The van der Waals surface area contributed by atoms with Crippen molar-refractivity contribution in [1.82, 2.24) is 0 Å². The Labute approximate surface area is 94.9 Å². The molecule has 2 heteroatoms. The van der Waals surface area contributed by atoms with Crippen molar-refractivity contribution < 1.29 is 9.53 Å². The van der Waals surface area contributed by atoms with Gasteiger partial charge in [0.1, 0.15) is 6.10 Å². The zero-order valence-corrected chi connectivity index (χ0v) is 9.32. The highest BCUT2D eigenvalue weighted by molar-refractivity contribution is 5.94. The van der Waals surface area contributed by atoms with Gasteiger partial charge in [0.05, 0.1) is 5.56 Å². The normalized spacial score (nSPS) is 26.2. The number of rotatable bonds is 1. The van der Waals surface area contributed by atoms with Crippen LogP contribution in [0.15, 0.2) is 30.4 Å². The molecule has 0 radical (unpaired) electrons. The summed E-state index contributed by atoms with van der Waals surface area (Å²) in [5.41, 5.74) is 4.26. The van der Waals surface area contributed by atoms with E-state index in [0.717, 1.165) is 29.5 Å². The van der Waals surface area contributed by atoms with Gasteiger partial charge in [-0.2, -0.15) is 0 Å². The Kier molecular flexibility index (Phi) is 1.93. The van der Waals surface area contributed by atoms with E-state index in [1.807, 2.05) is 19.1 Å². The molecular formula is C14H14O2. The number of carbonyl (C=O) groups excluding carboxylic acids is 1. The fraction of sp³-hybridized carbons (Fsp3) is 0.357. The van der Waals surface area contributed by atoms with E-state index in [-0.39, 0.29) is 12.1 Å². The Morgan fingerprint density at radius 1 is 1.50 bits per heavy atom. The molecule has 0 saturated heterocycles. The highest BCUT2D eigenvalue weighted by atomic mass is 16.5. The van der Waals surface area contributed by atoms with Crippen molar-refractivity contribution in [1.29, 1.82) is 0 Å². The fourth-order valence-corrected chi connectivity index (χ4v) is 2.83. The Morgan fingerprint density at radius 3 is 3.06 bits per heavy atom. The summed E-state index contributed by atoms with van der Waals surface area (Å²) >= 11 is 0. The van der Waals surface area contributed by atoms with Crippen LogP contribution in [0.3, 0.4) is 0 Å². The first-order valence-electron chi connectivity index (χ1n) is 5.66. The van der Waals surface area contributed by atoms with Crippen LogP contribution in [0.2, 0.25) is 0 Å². The molecule has 0 bridgehead atoms. The standard InChI is InChI=1S/C14H14O2/c1-8(2)10-7-6-9-4-3-5-11-12(9)13(10)16-14(11)15/h3-5,10,13H,1,6-7H2,2H3/t10?,13-/m0/s1. The second-order valence-corrected chi connectivity index (χ2v) is 4.70. The van der Waals surface area contributed by atoms with Crippen LogP contribution >= 0.6 is 0 Å². The third kappa shape index (κ3) is 1.16. The van der Waals surface area contributed by atoms with E-state index in [2.05, 4.69) is 12.6 Å². The lowest BCUT2D eigenvalue weighted by molar-refractivity contribution is 0.0254. The molecule has 0 amide bonds. The van der Waals surface area contributed by atoms with Gasteiger partial charge in [-0.05, 0) is 31.4 Å². The molecule has 0 fully saturated rings. The fourth-order valence-electron chi connectivity index (χ4n) is 2.83. The molecule has 3 rings (SSSR count). The molecule has 1 aromatic rings. The number of carbonyl (C=O) groups is 1. The summed E-state index contributed by atoms with van der Waals surface area (Å²) in [7, 11) is 0. The van der Waals surface area contributed by atoms with Gasteiger partial charge in [0.15, 0.2) is 0 Å². The van der Waals surface area contributed by atoms with Gasteiger partial charge >= 0.3 is 5.97 Å². The zero-order chi connectivity index (χ0) is 11.3. The summed E-state index contributed by atoms with van der Waals surface area (Å²) in [5.74, 6) is 0.120. The third-order valence-electron chi connectivity index (χ3n) is 3.66. The van der Waals surface area contributed by atoms with E-state index >= 15 is 0 Å². The predicted octanol–water partition coefficient (Wildman–Crippen LogP) is 3.04. The summed E-state index contributed by atoms with van der Waals surface area (Å²) in [6, 6.07) is 5.91. The number of hydrogen-bond acceptors (Lipinski definition) is 2. The van der Waals surface area contributed by atoms with E-state index in [1.54, 1.807) is 0 Å². The molecule has 1 unspecified atom stereocenters. The second-order valence-electron chi connectivity index (χ2n) is 4.70. The van der Waals surface area contributed by atoms with Crippen LogP contribution in [0, 0.1) is 5.92 Å². The molecule has 0 spiro atoms. The largest absolute Gasteiger partial charge is 0.453 e. The van der Waals surface area contributed by atoms with Crippen molar-refractivity contribution in [3.8, 4) is 0 Å². The lowest BCUT2D eigenvalue weighted by atomic mass is 9.78. The van der Waals surface area contributed by atoms with Gasteiger partial charge in [-0.1, -0.05) is 24.3 Å². The number of hydrogen-bond donors (Lipinski definition) is 0. The van der Waals surface area contributed by atoms with Crippen LogP contribution in [-0.2, 0) is 11.2 Å². The van der Waals surface area contributed by atoms with Crippen molar-refractivity contribution in [3.05, 3.63) is 47.0 Å². The van der Waals surface area contributed by atoms with Gasteiger partial charge in [0, 0.05) is 11.5 Å². The van der Waals surface area contributed by atoms with Gasteiger partial charge in [0.2, 0.25) is 0 Å². The van der Waals surface area contributed by atoms with Crippen molar-refractivity contribution in [2.45, 2.75) is 25.9 Å². The molecule has 1 aliphatic carbocycles. The molecule has 2 aliphatic rings. The molecule has 0 aromatic heterocycles. The maximum Gasteiger partial charge on any atom is 0.339 e. The molecule has 1 aromatic carbocycles. The predicted molar refractivity (Wildman–Crippen MR) is 61.2 cm³/mol. The number of benzene rings is 1. The topological polar surface area (TPSA) is 26.3 Å². The Balaban J connectivity index is 2.16. The highest BCUT2D eigenvalue weighted by Gasteiger charge is 2.40. The average Bonchev–Trinajstić information content (AvgIpc) is 2.59. The van der Waals surface area contributed by atoms with E-state index < -0.39 is 0 Å². The summed E-state index contributed by atoms with van der Waals surface area (Å²) in [6.45, 7) is 6.03. The Morgan fingerprint density at radius 2 is 2.31 bits per heavy atom. The van der Waals surface area contributed by atoms with Crippen LogP contribution in [0.1, 0.15) is 40.9 Å². The molecule has 2 nitrogen and oxygen atoms in total. The minimum absolute atomic E-state index is 0.0788. The lowest BCUT2D eigenvalue weighted by Gasteiger charge is -2.29. The van der Waals surface area contributed by atoms with E-state index in [1.165, 1.54) is 5.56 Å². The van der Waals surface area contributed by atoms with E-state index in [9.17, 15) is 4.79 Å². The van der Waals surface area contributed by atoms with Crippen LogP contribution in [0.5, 0.6) is 0 Å². The van der Waals surface area contributed by atoms with Gasteiger partial charge < -0.3 is 4.74 Å². The molecule has 1 heterocycles. The monoisotopic (exact) mass is 214 g/mol. The van der Waals surface area contributed by atoms with Crippen molar-refractivity contribution in [3.63, 3.8) is 0 Å². The van der Waals surface area contributed by atoms with Crippen molar-refractivity contribution >= 4 is 5.97 Å². The molecule has 0 N–H and O–H groups in total. The Bertz CT molecular complexity index is 488. The van der Waals surface area contributed by atoms with Gasteiger partial charge in [0.25, 0.3) is 0 Å². The number of ether oxygens (including phenoxy) is 1. The van der Waals surface area contributed by atoms with Gasteiger partial charge in [-0.15, -0.1) is 0 Å². The molecular weight excluding hydrogens is 200 g/mol. The van der Waals surface area contributed by atoms with Crippen LogP contribution < -0.4 is 0 Å². The molecule has 16 heavy (non-hydrogen) atoms. The molecule has 1 aliphatic heterocycles. The third-order valence-corrected chi connectivity index (χ3v) is 3.66. The van der Waals surface area contributed by atoms with Crippen LogP contribution in [-0.4, -0.2) is 5.97 Å². The summed E-state index contributed by atoms with van der Waals surface area (Å²) in [5, 5.41) is 0. The first-order valence-corrected chi connectivity index (χ1v) is 5.66. The number of aryl methyl sites for hydroxylation is 1. The first-order chi connectivity index (χ1) is 7.68. The summed E-state index contributed by atoms with van der Waals surface area (Å²) in [6.07, 6.45) is 1.97. The van der Waals surface area contributed by atoms with E-state index in [0.29, 0.717) is 5.92 Å². The van der Waals surface area contributed by atoms with Crippen LogP contribution in [0.4, 0.5) is 0 Å². The second kappa shape index (κ2) is 3.21. The first kappa shape index (κ1) is 9.64. The number of esters is 1. The smallest absolute Gasteiger partial charge is 0.339 e. The SMILES string of the molecule is C=C(C)C1CCc2cccc3c2[C@H]1OC3=O. The summed E-state index contributed by atoms with van der Waals surface area (Å²) in [4.78, 5) is 11.7. The van der Waals surface area contributed by atoms with Crippen LogP contribution in [0.25, 0.3) is 0 Å². The van der Waals surface area contributed by atoms with Gasteiger partial charge in [-0.3, -0.25) is 0 Å². The summed E-state index contributed by atoms with van der Waals surface area (Å²) < 4.78 is 5.49.